The molecule has 0 unspecified atom stereocenters. The van der Waals surface area contributed by atoms with Crippen LogP contribution in [0.15, 0.2) is 42.7 Å². The van der Waals surface area contributed by atoms with Gasteiger partial charge in [0.1, 0.15) is 0 Å². The van der Waals surface area contributed by atoms with Gasteiger partial charge in [0, 0.05) is 32.4 Å². The fourth-order valence-electron chi connectivity index (χ4n) is 2.10. The van der Waals surface area contributed by atoms with Gasteiger partial charge in [-0.2, -0.15) is 5.10 Å². The number of ether oxygens (including phenoxy) is 1. The van der Waals surface area contributed by atoms with Crippen LogP contribution in [-0.4, -0.2) is 35.4 Å². The molecular weight excluding hydrogens is 278 g/mol. The van der Waals surface area contributed by atoms with Gasteiger partial charge in [-0.15, -0.1) is 0 Å². The van der Waals surface area contributed by atoms with Crippen molar-refractivity contribution in [1.29, 1.82) is 0 Å². The maximum atomic E-state index is 11.7. The second-order valence-corrected chi connectivity index (χ2v) is 5.03. The van der Waals surface area contributed by atoms with E-state index in [1.54, 1.807) is 0 Å². The minimum Gasteiger partial charge on any atom is -0.382 e. The van der Waals surface area contributed by atoms with Crippen LogP contribution in [0.3, 0.4) is 0 Å². The number of hydrogen-bond donors (Lipinski definition) is 1. The highest BCUT2D eigenvalue weighted by Crippen LogP contribution is 2.09. The largest absolute Gasteiger partial charge is 0.382 e. The van der Waals surface area contributed by atoms with Gasteiger partial charge in [0.25, 0.3) is 0 Å². The molecule has 0 saturated carbocycles. The van der Waals surface area contributed by atoms with Crippen molar-refractivity contribution in [1.82, 2.24) is 15.1 Å². The second-order valence-electron chi connectivity index (χ2n) is 5.03. The number of aryl methyl sites for hydroxylation is 1. The number of aromatic nitrogens is 2. The molecule has 0 aliphatic heterocycles. The Hall–Kier alpha value is -2.14. The van der Waals surface area contributed by atoms with Crippen LogP contribution in [0.5, 0.6) is 0 Å². The zero-order valence-corrected chi connectivity index (χ0v) is 13.0. The van der Waals surface area contributed by atoms with Gasteiger partial charge in [0.2, 0.25) is 5.91 Å². The van der Waals surface area contributed by atoms with Crippen molar-refractivity contribution in [3.8, 4) is 5.69 Å². The van der Waals surface area contributed by atoms with E-state index >= 15 is 0 Å². The van der Waals surface area contributed by atoms with E-state index in [-0.39, 0.29) is 5.91 Å². The van der Waals surface area contributed by atoms with Gasteiger partial charge in [0.05, 0.1) is 11.9 Å². The number of hydrogen-bond acceptors (Lipinski definition) is 3. The maximum absolute atomic E-state index is 11.7. The molecule has 0 aliphatic rings. The predicted molar refractivity (Wildman–Crippen MR) is 86.0 cm³/mol. The van der Waals surface area contributed by atoms with E-state index in [9.17, 15) is 4.79 Å². The lowest BCUT2D eigenvalue weighted by atomic mass is 10.2. The fraction of sp³-hybridized carbons (Fsp3) is 0.412. The summed E-state index contributed by atoms with van der Waals surface area (Å²) in [5.41, 5.74) is 2.09. The summed E-state index contributed by atoms with van der Waals surface area (Å²) in [6.45, 7) is 4.05. The van der Waals surface area contributed by atoms with Gasteiger partial charge in [-0.25, -0.2) is 4.68 Å². The predicted octanol–water partition coefficient (Wildman–Crippen LogP) is 2.35. The van der Waals surface area contributed by atoms with Crippen LogP contribution < -0.4 is 5.32 Å². The summed E-state index contributed by atoms with van der Waals surface area (Å²) in [4.78, 5) is 11.7. The summed E-state index contributed by atoms with van der Waals surface area (Å²) in [5.74, 6) is 0.0731. The quantitative estimate of drug-likeness (QED) is 0.723. The number of benzene rings is 1. The number of para-hydroxylation sites is 1. The summed E-state index contributed by atoms with van der Waals surface area (Å²) in [7, 11) is 0. The molecule has 0 aliphatic carbocycles. The summed E-state index contributed by atoms with van der Waals surface area (Å²) in [5, 5.41) is 7.23. The van der Waals surface area contributed by atoms with Gasteiger partial charge < -0.3 is 10.1 Å². The molecule has 22 heavy (non-hydrogen) atoms. The monoisotopic (exact) mass is 301 g/mol. The Bertz CT molecular complexity index is 566. The van der Waals surface area contributed by atoms with Crippen molar-refractivity contribution in [2.24, 2.45) is 0 Å². The molecule has 1 aromatic heterocycles. The summed E-state index contributed by atoms with van der Waals surface area (Å²) in [6, 6.07) is 9.94. The van der Waals surface area contributed by atoms with E-state index in [1.807, 2.05) is 54.3 Å². The molecule has 118 valence electrons. The van der Waals surface area contributed by atoms with Gasteiger partial charge in [-0.1, -0.05) is 18.2 Å². The number of carbonyl (C=O) groups is 1. The molecule has 1 heterocycles. The average molecular weight is 301 g/mol. The Morgan fingerprint density at radius 3 is 2.91 bits per heavy atom. The van der Waals surface area contributed by atoms with Crippen molar-refractivity contribution >= 4 is 5.91 Å². The molecule has 1 amide bonds. The normalized spacial score (nSPS) is 10.6. The SMILES string of the molecule is CCOCCCNC(=O)CCc1cnn(-c2ccccc2)c1. The standard InChI is InChI=1S/C17H23N3O2/c1-2-22-12-6-11-18-17(21)10-9-15-13-19-20(14-15)16-7-4-3-5-8-16/h3-5,7-8,13-14H,2,6,9-12H2,1H3,(H,18,21). The lowest BCUT2D eigenvalue weighted by Gasteiger charge is -2.04. The molecule has 0 saturated heterocycles. The molecule has 5 heteroatoms. The van der Waals surface area contributed by atoms with Crippen LogP contribution in [0.1, 0.15) is 25.3 Å². The number of nitrogens with zero attached hydrogens (tertiary/aromatic N) is 2. The molecule has 1 aromatic carbocycles. The summed E-state index contributed by atoms with van der Waals surface area (Å²) in [6.07, 6.45) is 5.82. The zero-order chi connectivity index (χ0) is 15.6. The lowest BCUT2D eigenvalue weighted by Crippen LogP contribution is -2.25. The molecule has 0 atom stereocenters. The van der Waals surface area contributed by atoms with E-state index < -0.39 is 0 Å². The average Bonchev–Trinajstić information content (AvgIpc) is 3.02. The Morgan fingerprint density at radius 2 is 2.14 bits per heavy atom. The first-order chi connectivity index (χ1) is 10.8. The van der Waals surface area contributed by atoms with Crippen molar-refractivity contribution < 1.29 is 9.53 Å². The Balaban J connectivity index is 1.71. The third-order valence-corrected chi connectivity index (χ3v) is 3.29. The van der Waals surface area contributed by atoms with Crippen molar-refractivity contribution in [2.75, 3.05) is 19.8 Å². The lowest BCUT2D eigenvalue weighted by molar-refractivity contribution is -0.121. The Kier molecular flexibility index (Phi) is 6.64. The number of carbonyl (C=O) groups excluding carboxylic acids is 1. The zero-order valence-electron chi connectivity index (χ0n) is 13.0. The Morgan fingerprint density at radius 1 is 1.32 bits per heavy atom. The highest BCUT2D eigenvalue weighted by molar-refractivity contribution is 5.76. The smallest absolute Gasteiger partial charge is 0.220 e. The summed E-state index contributed by atoms with van der Waals surface area (Å²) >= 11 is 0. The molecule has 5 nitrogen and oxygen atoms in total. The van der Waals surface area contributed by atoms with E-state index in [0.717, 1.165) is 24.3 Å². The first kappa shape index (κ1) is 16.2. The fourth-order valence-corrected chi connectivity index (χ4v) is 2.10. The number of nitrogens with one attached hydrogen (secondary N) is 1. The highest BCUT2D eigenvalue weighted by atomic mass is 16.5. The van der Waals surface area contributed by atoms with E-state index in [2.05, 4.69) is 10.4 Å². The molecule has 0 fully saturated rings. The van der Waals surface area contributed by atoms with Crippen molar-refractivity contribution in [2.45, 2.75) is 26.2 Å². The van der Waals surface area contributed by atoms with Gasteiger partial charge >= 0.3 is 0 Å². The molecule has 0 spiro atoms. The maximum Gasteiger partial charge on any atom is 0.220 e. The Labute approximate surface area is 131 Å². The molecule has 1 N–H and O–H groups in total. The first-order valence-electron chi connectivity index (χ1n) is 7.73. The van der Waals surface area contributed by atoms with Gasteiger partial charge in [-0.05, 0) is 37.5 Å². The molecular formula is C17H23N3O2. The van der Waals surface area contributed by atoms with Crippen molar-refractivity contribution in [3.63, 3.8) is 0 Å². The van der Waals surface area contributed by atoms with Crippen molar-refractivity contribution in [3.05, 3.63) is 48.3 Å². The van der Waals surface area contributed by atoms with E-state index in [4.69, 9.17) is 4.74 Å². The van der Waals surface area contributed by atoms with Gasteiger partial charge in [-0.3, -0.25) is 4.79 Å². The summed E-state index contributed by atoms with van der Waals surface area (Å²) < 4.78 is 7.06. The van der Waals surface area contributed by atoms with Crippen LogP contribution in [-0.2, 0) is 16.0 Å². The second kappa shape index (κ2) is 9.00. The van der Waals surface area contributed by atoms with Gasteiger partial charge in [0.15, 0.2) is 0 Å². The van der Waals surface area contributed by atoms with E-state index in [1.165, 1.54) is 0 Å². The molecule has 0 radical (unpaired) electrons. The first-order valence-corrected chi connectivity index (χ1v) is 7.73. The molecule has 0 bridgehead atoms. The highest BCUT2D eigenvalue weighted by Gasteiger charge is 2.04. The van der Waals surface area contributed by atoms with E-state index in [0.29, 0.717) is 26.0 Å². The van der Waals surface area contributed by atoms with Crippen LogP contribution in [0.4, 0.5) is 0 Å². The molecule has 2 aromatic rings. The van der Waals surface area contributed by atoms with Crippen LogP contribution >= 0.6 is 0 Å². The molecule has 2 rings (SSSR count). The number of amides is 1. The number of rotatable bonds is 9. The third-order valence-electron chi connectivity index (χ3n) is 3.29. The topological polar surface area (TPSA) is 56.1 Å². The minimum atomic E-state index is 0.0731. The third kappa shape index (κ3) is 5.33. The minimum absolute atomic E-state index is 0.0731. The van der Waals surface area contributed by atoms with Crippen LogP contribution in [0, 0.1) is 0 Å². The van der Waals surface area contributed by atoms with Crippen LogP contribution in [0.2, 0.25) is 0 Å². The van der Waals surface area contributed by atoms with Crippen LogP contribution in [0.25, 0.3) is 5.69 Å².